The summed E-state index contributed by atoms with van der Waals surface area (Å²) in [5.74, 6) is 1.50. The Morgan fingerprint density at radius 2 is 2.31 bits per heavy atom. The Labute approximate surface area is 94.5 Å². The van der Waals surface area contributed by atoms with E-state index in [0.29, 0.717) is 5.92 Å². The van der Waals surface area contributed by atoms with Crippen molar-refractivity contribution in [2.24, 2.45) is 12.8 Å². The first-order valence-electron chi connectivity index (χ1n) is 5.80. The van der Waals surface area contributed by atoms with Gasteiger partial charge in [-0.3, -0.25) is 0 Å². The molecule has 0 spiro atoms. The fourth-order valence-electron chi connectivity index (χ4n) is 2.68. The molecule has 0 amide bonds. The topological polar surface area (TPSA) is 56.7 Å². The van der Waals surface area contributed by atoms with Gasteiger partial charge in [0.1, 0.15) is 11.3 Å². The van der Waals surface area contributed by atoms with Gasteiger partial charge in [0.15, 0.2) is 5.65 Å². The molecule has 84 valence electrons. The summed E-state index contributed by atoms with van der Waals surface area (Å²) < 4.78 is 2.09. The Bertz CT molecular complexity index is 517. The van der Waals surface area contributed by atoms with E-state index in [0.717, 1.165) is 29.8 Å². The lowest BCUT2D eigenvalue weighted by atomic mass is 10.0. The van der Waals surface area contributed by atoms with Gasteiger partial charge < -0.3 is 10.3 Å². The number of rotatable bonds is 1. The number of aromatic nitrogens is 3. The normalized spacial score (nSPS) is 25.4. The lowest BCUT2D eigenvalue weighted by molar-refractivity contribution is 0.564. The Hall–Kier alpha value is -1.42. The van der Waals surface area contributed by atoms with Crippen molar-refractivity contribution in [3.05, 3.63) is 24.2 Å². The van der Waals surface area contributed by atoms with Crippen molar-refractivity contribution in [1.29, 1.82) is 0 Å². The van der Waals surface area contributed by atoms with E-state index in [4.69, 9.17) is 5.73 Å². The van der Waals surface area contributed by atoms with E-state index in [1.165, 1.54) is 6.42 Å². The Morgan fingerprint density at radius 1 is 1.44 bits per heavy atom. The number of imidazole rings is 1. The lowest BCUT2D eigenvalue weighted by Gasteiger charge is -2.14. The molecule has 0 aromatic carbocycles. The molecule has 1 saturated carbocycles. The molecular formula is C12H16N4. The third-order valence-corrected chi connectivity index (χ3v) is 3.56. The molecule has 2 heterocycles. The first-order valence-corrected chi connectivity index (χ1v) is 5.80. The average Bonchev–Trinajstić information content (AvgIpc) is 2.84. The van der Waals surface area contributed by atoms with Gasteiger partial charge >= 0.3 is 0 Å². The van der Waals surface area contributed by atoms with Crippen molar-refractivity contribution in [2.75, 3.05) is 0 Å². The first kappa shape index (κ1) is 9.78. The van der Waals surface area contributed by atoms with Crippen LogP contribution in [0.1, 0.15) is 31.0 Å². The molecule has 2 aromatic heterocycles. The highest BCUT2D eigenvalue weighted by atomic mass is 15.1. The Morgan fingerprint density at radius 3 is 3.00 bits per heavy atom. The second-order valence-electron chi connectivity index (χ2n) is 4.58. The van der Waals surface area contributed by atoms with Crippen LogP contribution in [0.3, 0.4) is 0 Å². The van der Waals surface area contributed by atoms with Crippen molar-refractivity contribution >= 4 is 11.2 Å². The van der Waals surface area contributed by atoms with Crippen molar-refractivity contribution in [1.82, 2.24) is 14.5 Å². The average molecular weight is 216 g/mol. The van der Waals surface area contributed by atoms with E-state index in [-0.39, 0.29) is 6.04 Å². The van der Waals surface area contributed by atoms with E-state index in [1.54, 1.807) is 0 Å². The molecule has 2 aromatic rings. The van der Waals surface area contributed by atoms with E-state index in [1.807, 2.05) is 25.4 Å². The third kappa shape index (κ3) is 1.33. The van der Waals surface area contributed by atoms with Gasteiger partial charge in [-0.15, -0.1) is 0 Å². The highest BCUT2D eigenvalue weighted by Crippen LogP contribution is 2.33. The summed E-state index contributed by atoms with van der Waals surface area (Å²) in [7, 11) is 2.03. The zero-order valence-electron chi connectivity index (χ0n) is 9.43. The summed E-state index contributed by atoms with van der Waals surface area (Å²) >= 11 is 0. The van der Waals surface area contributed by atoms with Crippen molar-refractivity contribution in [2.45, 2.75) is 31.2 Å². The molecule has 2 unspecified atom stereocenters. The summed E-state index contributed by atoms with van der Waals surface area (Å²) in [4.78, 5) is 9.02. The molecule has 0 bridgehead atoms. The van der Waals surface area contributed by atoms with Crippen LogP contribution in [0.5, 0.6) is 0 Å². The van der Waals surface area contributed by atoms with Crippen LogP contribution in [0, 0.1) is 0 Å². The number of aryl methyl sites for hydroxylation is 1. The van der Waals surface area contributed by atoms with Crippen molar-refractivity contribution < 1.29 is 0 Å². The number of nitrogens with zero attached hydrogens (tertiary/aromatic N) is 3. The van der Waals surface area contributed by atoms with Crippen LogP contribution in [0.25, 0.3) is 11.2 Å². The van der Waals surface area contributed by atoms with E-state index < -0.39 is 0 Å². The first-order chi connectivity index (χ1) is 7.77. The summed E-state index contributed by atoms with van der Waals surface area (Å²) in [6.07, 6.45) is 5.28. The van der Waals surface area contributed by atoms with Gasteiger partial charge in [-0.1, -0.05) is 6.42 Å². The highest BCUT2D eigenvalue weighted by Gasteiger charge is 2.29. The molecule has 1 aliphatic carbocycles. The molecule has 4 heteroatoms. The second kappa shape index (κ2) is 3.56. The van der Waals surface area contributed by atoms with Gasteiger partial charge in [0.2, 0.25) is 0 Å². The number of hydrogen-bond donors (Lipinski definition) is 1. The van der Waals surface area contributed by atoms with E-state index >= 15 is 0 Å². The zero-order valence-corrected chi connectivity index (χ0v) is 9.43. The molecule has 2 atom stereocenters. The number of pyridine rings is 1. The molecule has 0 radical (unpaired) electrons. The van der Waals surface area contributed by atoms with Gasteiger partial charge in [0.25, 0.3) is 0 Å². The number of hydrogen-bond acceptors (Lipinski definition) is 3. The molecule has 1 aliphatic rings. The predicted octanol–water partition coefficient (Wildman–Crippen LogP) is 1.56. The van der Waals surface area contributed by atoms with Crippen LogP contribution < -0.4 is 5.73 Å². The highest BCUT2D eigenvalue weighted by molar-refractivity contribution is 5.71. The van der Waals surface area contributed by atoms with Crippen LogP contribution in [0.4, 0.5) is 0 Å². The minimum absolute atomic E-state index is 0.260. The minimum atomic E-state index is 0.260. The van der Waals surface area contributed by atoms with Crippen molar-refractivity contribution in [3.8, 4) is 0 Å². The SMILES string of the molecule is Cn1c(C2CCCC2N)nc2cccnc21. The third-order valence-electron chi connectivity index (χ3n) is 3.56. The molecule has 1 fully saturated rings. The zero-order chi connectivity index (χ0) is 11.1. The quantitative estimate of drug-likeness (QED) is 0.787. The van der Waals surface area contributed by atoms with Crippen molar-refractivity contribution in [3.63, 3.8) is 0 Å². The van der Waals surface area contributed by atoms with Gasteiger partial charge in [-0.25, -0.2) is 9.97 Å². The monoisotopic (exact) mass is 216 g/mol. The summed E-state index contributed by atoms with van der Waals surface area (Å²) in [6, 6.07) is 4.19. The van der Waals surface area contributed by atoms with Crippen LogP contribution in [-0.4, -0.2) is 20.6 Å². The maximum Gasteiger partial charge on any atom is 0.159 e. The molecule has 4 nitrogen and oxygen atoms in total. The molecule has 2 N–H and O–H groups in total. The smallest absolute Gasteiger partial charge is 0.159 e. The molecule has 16 heavy (non-hydrogen) atoms. The predicted molar refractivity (Wildman–Crippen MR) is 63.1 cm³/mol. The summed E-state index contributed by atoms with van der Waals surface area (Å²) in [5.41, 5.74) is 8.05. The van der Waals surface area contributed by atoms with Gasteiger partial charge in [-0.2, -0.15) is 0 Å². The maximum atomic E-state index is 6.13. The lowest BCUT2D eigenvalue weighted by Crippen LogP contribution is -2.24. The maximum absolute atomic E-state index is 6.13. The Balaban J connectivity index is 2.13. The van der Waals surface area contributed by atoms with Crippen LogP contribution >= 0.6 is 0 Å². The second-order valence-corrected chi connectivity index (χ2v) is 4.58. The largest absolute Gasteiger partial charge is 0.327 e. The fraction of sp³-hybridized carbons (Fsp3) is 0.500. The van der Waals surface area contributed by atoms with Crippen LogP contribution in [-0.2, 0) is 7.05 Å². The van der Waals surface area contributed by atoms with Crippen LogP contribution in [0.2, 0.25) is 0 Å². The van der Waals surface area contributed by atoms with Gasteiger partial charge in [0.05, 0.1) is 0 Å². The minimum Gasteiger partial charge on any atom is -0.327 e. The van der Waals surface area contributed by atoms with Gasteiger partial charge in [0, 0.05) is 25.2 Å². The summed E-state index contributed by atoms with van der Waals surface area (Å²) in [6.45, 7) is 0. The fourth-order valence-corrected chi connectivity index (χ4v) is 2.68. The molecular weight excluding hydrogens is 200 g/mol. The van der Waals surface area contributed by atoms with Gasteiger partial charge in [-0.05, 0) is 25.0 Å². The molecule has 0 aliphatic heterocycles. The Kier molecular flexibility index (Phi) is 2.17. The number of nitrogens with two attached hydrogens (primary N) is 1. The number of fused-ring (bicyclic) bond motifs is 1. The standard InChI is InChI=1S/C12H16N4/c1-16-11(8-4-2-5-9(8)13)15-10-6-3-7-14-12(10)16/h3,6-9H,2,4-5,13H2,1H3. The molecule has 3 rings (SSSR count). The van der Waals surface area contributed by atoms with E-state index in [9.17, 15) is 0 Å². The van der Waals surface area contributed by atoms with E-state index in [2.05, 4.69) is 14.5 Å². The molecule has 0 saturated heterocycles. The summed E-state index contributed by atoms with van der Waals surface area (Å²) in [5, 5.41) is 0. The van der Waals surface area contributed by atoms with Crippen LogP contribution in [0.15, 0.2) is 18.3 Å².